The van der Waals surface area contributed by atoms with Crippen LogP contribution in [0.25, 0.3) is 0 Å². The summed E-state index contributed by atoms with van der Waals surface area (Å²) in [6.45, 7) is 3.57. The summed E-state index contributed by atoms with van der Waals surface area (Å²) in [6.07, 6.45) is 0. The summed E-state index contributed by atoms with van der Waals surface area (Å²) < 4.78 is -0.619. The fraction of sp³-hybridized carbons (Fsp3) is 0.400. The maximum Gasteiger partial charge on any atom is 0.327 e. The van der Waals surface area contributed by atoms with Gasteiger partial charge in [-0.15, -0.1) is 11.8 Å². The third-order valence-electron chi connectivity index (χ3n) is 4.04. The van der Waals surface area contributed by atoms with Crippen LogP contribution in [-0.2, 0) is 9.59 Å². The number of β-lactam (4-membered cyclic amide) rings is 1. The van der Waals surface area contributed by atoms with Crippen LogP contribution in [0.3, 0.4) is 0 Å². The van der Waals surface area contributed by atoms with E-state index in [9.17, 15) is 19.5 Å². The van der Waals surface area contributed by atoms with E-state index >= 15 is 0 Å². The number of hydrogen-bond donors (Lipinski definition) is 3. The molecule has 9 heteroatoms. The minimum atomic E-state index is -1.04. The fourth-order valence-electron chi connectivity index (χ4n) is 3.02. The van der Waals surface area contributed by atoms with Crippen LogP contribution in [0, 0.1) is 0 Å². The van der Waals surface area contributed by atoms with Crippen molar-refractivity contribution in [1.82, 2.24) is 10.2 Å². The smallest absolute Gasteiger partial charge is 0.327 e. The Labute approximate surface area is 147 Å². The number of amides is 3. The molecule has 128 valence electrons. The molecule has 2 saturated heterocycles. The minimum Gasteiger partial charge on any atom is -0.480 e. The van der Waals surface area contributed by atoms with Gasteiger partial charge in [0.05, 0.1) is 0 Å². The zero-order chi connectivity index (χ0) is 17.6. The Balaban J connectivity index is 1.67. The molecule has 3 amide bonds. The molecule has 1 aromatic carbocycles. The molecular weight excluding hydrogens is 354 g/mol. The summed E-state index contributed by atoms with van der Waals surface area (Å²) in [5.74, 6) is -1.42. The quantitative estimate of drug-likeness (QED) is 0.707. The highest BCUT2D eigenvalue weighted by Crippen LogP contribution is 2.50. The summed E-state index contributed by atoms with van der Waals surface area (Å²) in [6, 6.07) is 4.47. The van der Waals surface area contributed by atoms with E-state index in [0.29, 0.717) is 10.7 Å². The number of nitrogens with zero attached hydrogens (tertiary/aromatic N) is 1. The second-order valence-electron chi connectivity index (χ2n) is 6.18. The van der Waals surface area contributed by atoms with Crippen LogP contribution >= 0.6 is 23.4 Å². The summed E-state index contributed by atoms with van der Waals surface area (Å²) in [7, 11) is 0. The number of carbonyl (C=O) groups is 3. The highest BCUT2D eigenvalue weighted by atomic mass is 35.5. The molecule has 24 heavy (non-hydrogen) atoms. The first kappa shape index (κ1) is 16.9. The molecule has 2 fully saturated rings. The van der Waals surface area contributed by atoms with Crippen molar-refractivity contribution < 1.29 is 19.5 Å². The maximum absolute atomic E-state index is 12.3. The van der Waals surface area contributed by atoms with Crippen molar-refractivity contribution in [3.8, 4) is 0 Å². The van der Waals surface area contributed by atoms with Gasteiger partial charge in [-0.2, -0.15) is 0 Å². The van der Waals surface area contributed by atoms with E-state index < -0.39 is 28.8 Å². The van der Waals surface area contributed by atoms with Crippen molar-refractivity contribution in [2.75, 3.05) is 5.32 Å². The summed E-state index contributed by atoms with van der Waals surface area (Å²) >= 11 is 7.23. The van der Waals surface area contributed by atoms with Gasteiger partial charge in [0.25, 0.3) is 0 Å². The molecule has 0 radical (unpaired) electrons. The lowest BCUT2D eigenvalue weighted by Gasteiger charge is -2.43. The summed E-state index contributed by atoms with van der Waals surface area (Å²) in [5, 5.41) is 14.7. The SMILES string of the molecule is CC1(C)S[C@@H]2[C@H](NC(=O)Nc3cccc(Cl)c3)C(=O)N2[C@H]1C(=O)O. The van der Waals surface area contributed by atoms with Gasteiger partial charge in [0.1, 0.15) is 17.5 Å². The van der Waals surface area contributed by atoms with Crippen LogP contribution in [0.5, 0.6) is 0 Å². The Morgan fingerprint density at radius 3 is 2.71 bits per heavy atom. The monoisotopic (exact) mass is 369 g/mol. The third-order valence-corrected chi connectivity index (χ3v) is 5.85. The summed E-state index contributed by atoms with van der Waals surface area (Å²) in [4.78, 5) is 37.1. The van der Waals surface area contributed by atoms with Crippen molar-refractivity contribution in [1.29, 1.82) is 0 Å². The van der Waals surface area contributed by atoms with E-state index in [1.54, 1.807) is 38.1 Å². The highest BCUT2D eigenvalue weighted by Gasteiger charge is 2.64. The molecule has 0 aromatic heterocycles. The largest absolute Gasteiger partial charge is 0.480 e. The second-order valence-corrected chi connectivity index (χ2v) is 8.39. The average molecular weight is 370 g/mol. The van der Waals surface area contributed by atoms with Crippen LogP contribution in [0.15, 0.2) is 24.3 Å². The Bertz CT molecular complexity index is 726. The van der Waals surface area contributed by atoms with Gasteiger partial charge < -0.3 is 20.6 Å². The van der Waals surface area contributed by atoms with Crippen LogP contribution in [0.2, 0.25) is 5.02 Å². The number of thioether (sulfide) groups is 1. The standard InChI is InChI=1S/C15H16ClN3O4S/c1-15(2)10(13(21)22)19-11(20)9(12(19)24-15)18-14(23)17-8-5-3-4-7(16)6-8/h3-6,9-10,12H,1-2H3,(H,21,22)(H2,17,18,23)/t9-,10+,12-/m1/s1. The lowest BCUT2D eigenvalue weighted by molar-refractivity contribution is -0.159. The van der Waals surface area contributed by atoms with Gasteiger partial charge in [-0.05, 0) is 32.0 Å². The van der Waals surface area contributed by atoms with Crippen molar-refractivity contribution >= 4 is 47.0 Å². The maximum atomic E-state index is 12.3. The van der Waals surface area contributed by atoms with Gasteiger partial charge in [0.15, 0.2) is 0 Å². The van der Waals surface area contributed by atoms with E-state index in [2.05, 4.69) is 10.6 Å². The number of carboxylic acid groups (broad SMARTS) is 1. The molecule has 1 aromatic rings. The lowest BCUT2D eigenvalue weighted by atomic mass is 9.96. The van der Waals surface area contributed by atoms with Crippen molar-refractivity contribution in [3.05, 3.63) is 29.3 Å². The molecule has 3 N–H and O–H groups in total. The number of urea groups is 1. The second kappa shape index (κ2) is 5.86. The zero-order valence-electron chi connectivity index (χ0n) is 12.9. The summed E-state index contributed by atoms with van der Waals surface area (Å²) in [5.41, 5.74) is 0.506. The van der Waals surface area contributed by atoms with Gasteiger partial charge in [0.2, 0.25) is 5.91 Å². The number of carboxylic acids is 1. The number of aliphatic carboxylic acids is 1. The molecule has 0 aliphatic carbocycles. The Morgan fingerprint density at radius 2 is 2.08 bits per heavy atom. The average Bonchev–Trinajstić information content (AvgIpc) is 2.73. The predicted octanol–water partition coefficient (Wildman–Crippen LogP) is 1.98. The van der Waals surface area contributed by atoms with Gasteiger partial charge in [-0.25, -0.2) is 9.59 Å². The Morgan fingerprint density at radius 1 is 1.38 bits per heavy atom. The molecule has 0 unspecified atom stereocenters. The number of benzene rings is 1. The third kappa shape index (κ3) is 2.80. The molecule has 0 bridgehead atoms. The Hall–Kier alpha value is -1.93. The zero-order valence-corrected chi connectivity index (χ0v) is 14.5. The number of hydrogen-bond acceptors (Lipinski definition) is 4. The minimum absolute atomic E-state index is 0.376. The van der Waals surface area contributed by atoms with E-state index in [1.807, 2.05) is 0 Å². The lowest BCUT2D eigenvalue weighted by Crippen LogP contribution is -2.70. The predicted molar refractivity (Wildman–Crippen MR) is 91.1 cm³/mol. The van der Waals surface area contributed by atoms with Crippen LogP contribution in [0.4, 0.5) is 10.5 Å². The highest BCUT2D eigenvalue weighted by molar-refractivity contribution is 8.01. The number of nitrogens with one attached hydrogen (secondary N) is 2. The topological polar surface area (TPSA) is 98.7 Å². The van der Waals surface area contributed by atoms with Crippen molar-refractivity contribution in [3.63, 3.8) is 0 Å². The van der Waals surface area contributed by atoms with Gasteiger partial charge in [-0.1, -0.05) is 17.7 Å². The molecule has 3 rings (SSSR count). The first-order valence-corrected chi connectivity index (χ1v) is 8.52. The first-order chi connectivity index (χ1) is 11.2. The van der Waals surface area contributed by atoms with Crippen LogP contribution < -0.4 is 10.6 Å². The molecule has 7 nitrogen and oxygen atoms in total. The van der Waals surface area contributed by atoms with Gasteiger partial charge >= 0.3 is 12.0 Å². The number of fused-ring (bicyclic) bond motifs is 1. The van der Waals surface area contributed by atoms with Crippen molar-refractivity contribution in [2.45, 2.75) is 36.1 Å². The molecule has 3 atom stereocenters. The number of carbonyl (C=O) groups excluding carboxylic acids is 2. The van der Waals surface area contributed by atoms with Gasteiger partial charge in [0, 0.05) is 15.5 Å². The number of halogens is 1. The van der Waals surface area contributed by atoms with E-state index in [4.69, 9.17) is 11.6 Å². The first-order valence-electron chi connectivity index (χ1n) is 7.26. The Kier molecular flexibility index (Phi) is 4.13. The molecule has 2 heterocycles. The number of anilines is 1. The van der Waals surface area contributed by atoms with Crippen LogP contribution in [0.1, 0.15) is 13.8 Å². The molecule has 2 aliphatic heterocycles. The van der Waals surface area contributed by atoms with E-state index in [1.165, 1.54) is 16.7 Å². The molecule has 2 aliphatic rings. The van der Waals surface area contributed by atoms with E-state index in [0.717, 1.165) is 0 Å². The molecule has 0 spiro atoms. The molecular formula is C15H16ClN3O4S. The number of rotatable bonds is 3. The van der Waals surface area contributed by atoms with Gasteiger partial charge in [-0.3, -0.25) is 4.79 Å². The van der Waals surface area contributed by atoms with Crippen LogP contribution in [-0.4, -0.2) is 50.1 Å². The normalized spacial score (nSPS) is 27.2. The van der Waals surface area contributed by atoms with Crippen molar-refractivity contribution in [2.24, 2.45) is 0 Å². The molecule has 0 saturated carbocycles. The van der Waals surface area contributed by atoms with E-state index in [-0.39, 0.29) is 11.3 Å². The fourth-order valence-corrected chi connectivity index (χ4v) is 4.84.